The van der Waals surface area contributed by atoms with Gasteiger partial charge in [0.15, 0.2) is 6.10 Å². The van der Waals surface area contributed by atoms with Gasteiger partial charge in [-0.3, -0.25) is 4.79 Å². The van der Waals surface area contributed by atoms with Gasteiger partial charge in [-0.1, -0.05) is 15.9 Å². The van der Waals surface area contributed by atoms with Gasteiger partial charge >= 0.3 is 5.97 Å². The Morgan fingerprint density at radius 2 is 1.85 bits per heavy atom. The van der Waals surface area contributed by atoms with Crippen LogP contribution in [0.1, 0.15) is 17.3 Å². The SMILES string of the molecule is COc1ccc(OC)c(C(=O)O[C@H](C)C(=O)Nc2ccc(Br)cc2F)c1. The van der Waals surface area contributed by atoms with Crippen molar-refractivity contribution in [3.63, 3.8) is 0 Å². The quantitative estimate of drug-likeness (QED) is 0.712. The molecule has 0 fully saturated rings. The third-order valence-corrected chi connectivity index (χ3v) is 3.96. The highest BCUT2D eigenvalue weighted by atomic mass is 79.9. The lowest BCUT2D eigenvalue weighted by molar-refractivity contribution is -0.123. The van der Waals surface area contributed by atoms with Crippen LogP contribution in [0, 0.1) is 5.82 Å². The number of halogens is 2. The second-order valence-electron chi connectivity index (χ2n) is 5.23. The van der Waals surface area contributed by atoms with Crippen molar-refractivity contribution in [2.24, 2.45) is 0 Å². The number of methoxy groups -OCH3 is 2. The molecular formula is C18H17BrFNO5. The van der Waals surface area contributed by atoms with E-state index in [1.165, 1.54) is 39.3 Å². The van der Waals surface area contributed by atoms with E-state index in [-0.39, 0.29) is 17.0 Å². The highest BCUT2D eigenvalue weighted by Gasteiger charge is 2.22. The predicted molar refractivity (Wildman–Crippen MR) is 97.2 cm³/mol. The van der Waals surface area contributed by atoms with Crippen LogP contribution < -0.4 is 14.8 Å². The molecule has 2 aromatic rings. The van der Waals surface area contributed by atoms with E-state index >= 15 is 0 Å². The Morgan fingerprint density at radius 3 is 2.46 bits per heavy atom. The average Bonchev–Trinajstić information content (AvgIpc) is 2.63. The van der Waals surface area contributed by atoms with E-state index in [0.717, 1.165) is 0 Å². The molecule has 6 nitrogen and oxygen atoms in total. The highest BCUT2D eigenvalue weighted by molar-refractivity contribution is 9.10. The van der Waals surface area contributed by atoms with Gasteiger partial charge in [0.05, 0.1) is 19.9 Å². The Hall–Kier alpha value is -2.61. The smallest absolute Gasteiger partial charge is 0.342 e. The van der Waals surface area contributed by atoms with Crippen LogP contribution in [0.25, 0.3) is 0 Å². The van der Waals surface area contributed by atoms with Crippen molar-refractivity contribution in [1.82, 2.24) is 0 Å². The van der Waals surface area contributed by atoms with Crippen molar-refractivity contribution in [2.75, 3.05) is 19.5 Å². The Morgan fingerprint density at radius 1 is 1.12 bits per heavy atom. The summed E-state index contributed by atoms with van der Waals surface area (Å²) in [7, 11) is 2.87. The van der Waals surface area contributed by atoms with Crippen LogP contribution >= 0.6 is 15.9 Å². The van der Waals surface area contributed by atoms with E-state index in [9.17, 15) is 14.0 Å². The Kier molecular flexibility index (Phi) is 6.57. The topological polar surface area (TPSA) is 73.9 Å². The van der Waals surface area contributed by atoms with Gasteiger partial charge in [-0.25, -0.2) is 9.18 Å². The number of rotatable bonds is 6. The lowest BCUT2D eigenvalue weighted by Crippen LogP contribution is -2.30. The molecule has 0 unspecified atom stereocenters. The number of benzene rings is 2. The molecule has 26 heavy (non-hydrogen) atoms. The molecule has 0 radical (unpaired) electrons. The van der Waals surface area contributed by atoms with Gasteiger partial charge in [-0.2, -0.15) is 0 Å². The Balaban J connectivity index is 2.10. The first-order valence-electron chi connectivity index (χ1n) is 7.54. The zero-order chi connectivity index (χ0) is 19.3. The number of anilines is 1. The number of nitrogens with one attached hydrogen (secondary N) is 1. The van der Waals surface area contributed by atoms with Gasteiger partial charge in [-0.05, 0) is 43.3 Å². The van der Waals surface area contributed by atoms with Crippen LogP contribution in [0.4, 0.5) is 10.1 Å². The largest absolute Gasteiger partial charge is 0.497 e. The first kappa shape index (κ1) is 19.7. The van der Waals surface area contributed by atoms with Gasteiger partial charge in [0.1, 0.15) is 22.9 Å². The third kappa shape index (κ3) is 4.72. The van der Waals surface area contributed by atoms with Crippen LogP contribution in [-0.4, -0.2) is 32.2 Å². The van der Waals surface area contributed by atoms with Crippen LogP contribution in [0.2, 0.25) is 0 Å². The van der Waals surface area contributed by atoms with Crippen LogP contribution in [0.5, 0.6) is 11.5 Å². The molecule has 1 N–H and O–H groups in total. The van der Waals surface area contributed by atoms with Gasteiger partial charge in [0.2, 0.25) is 0 Å². The van der Waals surface area contributed by atoms with Crippen LogP contribution in [0.15, 0.2) is 40.9 Å². The predicted octanol–water partition coefficient (Wildman–Crippen LogP) is 3.79. The summed E-state index contributed by atoms with van der Waals surface area (Å²) in [6.07, 6.45) is -1.15. The second kappa shape index (κ2) is 8.66. The zero-order valence-electron chi connectivity index (χ0n) is 14.3. The lowest BCUT2D eigenvalue weighted by atomic mass is 10.2. The molecule has 0 aromatic heterocycles. The number of hydrogen-bond donors (Lipinski definition) is 1. The summed E-state index contributed by atoms with van der Waals surface area (Å²) in [6.45, 7) is 1.39. The Bertz CT molecular complexity index is 827. The summed E-state index contributed by atoms with van der Waals surface area (Å²) >= 11 is 3.13. The second-order valence-corrected chi connectivity index (χ2v) is 6.14. The molecule has 8 heteroatoms. The van der Waals surface area contributed by atoms with E-state index < -0.39 is 23.8 Å². The zero-order valence-corrected chi connectivity index (χ0v) is 15.9. The van der Waals surface area contributed by atoms with Crippen molar-refractivity contribution in [1.29, 1.82) is 0 Å². The first-order valence-corrected chi connectivity index (χ1v) is 8.34. The van der Waals surface area contributed by atoms with Crippen molar-refractivity contribution < 1.29 is 28.2 Å². The van der Waals surface area contributed by atoms with Gasteiger partial charge in [-0.15, -0.1) is 0 Å². The maximum absolute atomic E-state index is 13.8. The monoisotopic (exact) mass is 425 g/mol. The molecule has 0 aliphatic rings. The minimum absolute atomic E-state index is 0.0138. The van der Waals surface area contributed by atoms with Crippen molar-refractivity contribution >= 4 is 33.5 Å². The number of esters is 1. The molecule has 0 bridgehead atoms. The molecule has 2 rings (SSSR count). The van der Waals surface area contributed by atoms with Crippen LogP contribution in [0.3, 0.4) is 0 Å². The summed E-state index contributed by atoms with van der Waals surface area (Å²) in [5.41, 5.74) is 0.0985. The average molecular weight is 426 g/mol. The molecule has 0 heterocycles. The van der Waals surface area contributed by atoms with Gasteiger partial charge < -0.3 is 19.5 Å². The molecule has 0 aliphatic heterocycles. The summed E-state index contributed by atoms with van der Waals surface area (Å²) in [4.78, 5) is 24.5. The molecule has 0 saturated heterocycles. The first-order chi connectivity index (χ1) is 12.3. The highest BCUT2D eigenvalue weighted by Crippen LogP contribution is 2.25. The van der Waals surface area contributed by atoms with E-state index in [1.807, 2.05) is 0 Å². The molecule has 0 aliphatic carbocycles. The number of hydrogen-bond acceptors (Lipinski definition) is 5. The molecular weight excluding hydrogens is 409 g/mol. The molecule has 138 valence electrons. The minimum Gasteiger partial charge on any atom is -0.497 e. The normalized spacial score (nSPS) is 11.4. The third-order valence-electron chi connectivity index (χ3n) is 3.47. The van der Waals surface area contributed by atoms with Crippen molar-refractivity contribution in [3.8, 4) is 11.5 Å². The molecule has 1 atom stereocenters. The number of carbonyl (C=O) groups excluding carboxylic acids is 2. The maximum atomic E-state index is 13.8. The summed E-state index contributed by atoms with van der Waals surface area (Å²) in [5, 5.41) is 2.38. The van der Waals surface area contributed by atoms with Crippen LogP contribution in [-0.2, 0) is 9.53 Å². The van der Waals surface area contributed by atoms with E-state index in [4.69, 9.17) is 14.2 Å². The fraction of sp³-hybridized carbons (Fsp3) is 0.222. The molecule has 0 saturated carbocycles. The van der Waals surface area contributed by atoms with Gasteiger partial charge in [0.25, 0.3) is 5.91 Å². The number of carbonyl (C=O) groups is 2. The number of amides is 1. The lowest BCUT2D eigenvalue weighted by Gasteiger charge is -2.15. The van der Waals surface area contributed by atoms with Crippen molar-refractivity contribution in [2.45, 2.75) is 13.0 Å². The summed E-state index contributed by atoms with van der Waals surface area (Å²) < 4.78 is 29.7. The van der Waals surface area contributed by atoms with Gasteiger partial charge in [0, 0.05) is 4.47 Å². The van der Waals surface area contributed by atoms with Crippen molar-refractivity contribution in [3.05, 3.63) is 52.3 Å². The summed E-state index contributed by atoms with van der Waals surface area (Å²) in [5.74, 6) is -1.32. The maximum Gasteiger partial charge on any atom is 0.342 e. The molecule has 2 aromatic carbocycles. The van der Waals surface area contributed by atoms with E-state index in [2.05, 4.69) is 21.2 Å². The Labute approximate surface area is 158 Å². The molecule has 1 amide bonds. The summed E-state index contributed by atoms with van der Waals surface area (Å²) in [6, 6.07) is 8.82. The fourth-order valence-corrected chi connectivity index (χ4v) is 2.41. The van der Waals surface area contributed by atoms with E-state index in [1.54, 1.807) is 18.2 Å². The van der Waals surface area contributed by atoms with E-state index in [0.29, 0.717) is 10.2 Å². The number of ether oxygens (including phenoxy) is 3. The molecule has 0 spiro atoms. The fourth-order valence-electron chi connectivity index (χ4n) is 2.08. The minimum atomic E-state index is -1.15. The standard InChI is InChI=1S/C18H17BrFNO5/c1-10(17(22)21-15-6-4-11(19)8-14(15)20)26-18(23)13-9-12(24-2)5-7-16(13)25-3/h4-10H,1-3H3,(H,21,22)/t10-/m1/s1.